The molecule has 0 unspecified atom stereocenters. The summed E-state index contributed by atoms with van der Waals surface area (Å²) in [6.45, 7) is 3.25. The van der Waals surface area contributed by atoms with Gasteiger partial charge in [0.1, 0.15) is 5.75 Å². The van der Waals surface area contributed by atoms with E-state index in [1.165, 1.54) is 6.07 Å². The molecule has 0 aliphatic carbocycles. The van der Waals surface area contributed by atoms with Crippen molar-refractivity contribution in [2.45, 2.75) is 0 Å². The Kier molecular flexibility index (Phi) is 3.54. The van der Waals surface area contributed by atoms with Crippen LogP contribution in [0, 0.1) is 0 Å². The van der Waals surface area contributed by atoms with Crippen LogP contribution in [-0.2, 0) is 4.74 Å². The van der Waals surface area contributed by atoms with Crippen molar-refractivity contribution in [3.05, 3.63) is 29.8 Å². The second-order valence-corrected chi connectivity index (χ2v) is 3.83. The number of phenolic OH excluding ortho intramolecular Hbond substituents is 1. The maximum Gasteiger partial charge on any atom is 0.180 e. The number of Topliss-reactive ketones (excluding diaryl/α,β-unsaturated/α-hetero) is 1. The van der Waals surface area contributed by atoms with Gasteiger partial charge in [0.25, 0.3) is 0 Å². The fourth-order valence-corrected chi connectivity index (χ4v) is 1.76. The van der Waals surface area contributed by atoms with Crippen LogP contribution in [0.3, 0.4) is 0 Å². The second kappa shape index (κ2) is 5.09. The highest BCUT2D eigenvalue weighted by atomic mass is 16.5. The number of para-hydroxylation sites is 1. The number of phenols is 1. The van der Waals surface area contributed by atoms with Crippen molar-refractivity contribution in [1.82, 2.24) is 4.90 Å². The summed E-state index contributed by atoms with van der Waals surface area (Å²) in [6.07, 6.45) is 0. The Morgan fingerprint density at radius 3 is 2.69 bits per heavy atom. The topological polar surface area (TPSA) is 49.8 Å². The van der Waals surface area contributed by atoms with Crippen molar-refractivity contribution in [3.63, 3.8) is 0 Å². The molecular weight excluding hydrogens is 206 g/mol. The van der Waals surface area contributed by atoms with Gasteiger partial charge in [-0.15, -0.1) is 0 Å². The molecule has 1 aliphatic heterocycles. The van der Waals surface area contributed by atoms with E-state index < -0.39 is 0 Å². The maximum atomic E-state index is 11.9. The van der Waals surface area contributed by atoms with E-state index >= 15 is 0 Å². The number of carbonyl (C=O) groups excluding carboxylic acids is 1. The van der Waals surface area contributed by atoms with Gasteiger partial charge in [0, 0.05) is 13.1 Å². The number of morpholine rings is 1. The summed E-state index contributed by atoms with van der Waals surface area (Å²) in [7, 11) is 0. The number of hydrogen-bond donors (Lipinski definition) is 1. The lowest BCUT2D eigenvalue weighted by molar-refractivity contribution is 0.0370. The molecule has 16 heavy (non-hydrogen) atoms. The Bertz CT molecular complexity index is 372. The normalized spacial score (nSPS) is 17.2. The third-order valence-electron chi connectivity index (χ3n) is 2.68. The smallest absolute Gasteiger partial charge is 0.180 e. The fraction of sp³-hybridized carbons (Fsp3) is 0.417. The lowest BCUT2D eigenvalue weighted by Gasteiger charge is -2.25. The molecule has 1 saturated heterocycles. The van der Waals surface area contributed by atoms with Crippen LogP contribution >= 0.6 is 0 Å². The van der Waals surface area contributed by atoms with Gasteiger partial charge in [-0.3, -0.25) is 9.69 Å². The average Bonchev–Trinajstić information content (AvgIpc) is 2.31. The molecule has 4 heteroatoms. The van der Waals surface area contributed by atoms with Gasteiger partial charge in [0.05, 0.1) is 25.3 Å². The molecule has 0 atom stereocenters. The van der Waals surface area contributed by atoms with E-state index in [1.807, 2.05) is 4.90 Å². The summed E-state index contributed by atoms with van der Waals surface area (Å²) >= 11 is 0. The molecule has 1 aromatic rings. The Hall–Kier alpha value is -1.39. The van der Waals surface area contributed by atoms with Crippen LogP contribution in [0.15, 0.2) is 24.3 Å². The number of hydrogen-bond acceptors (Lipinski definition) is 4. The van der Waals surface area contributed by atoms with Crippen LogP contribution in [0.4, 0.5) is 0 Å². The molecule has 0 saturated carbocycles. The first-order valence-corrected chi connectivity index (χ1v) is 5.38. The number of aromatic hydroxyl groups is 1. The molecule has 2 rings (SSSR count). The SMILES string of the molecule is O=C(CN1CCOCC1)c1ccccc1O. The maximum absolute atomic E-state index is 11.9. The zero-order valence-corrected chi connectivity index (χ0v) is 9.06. The molecule has 1 fully saturated rings. The fourth-order valence-electron chi connectivity index (χ4n) is 1.76. The van der Waals surface area contributed by atoms with Crippen LogP contribution in [-0.4, -0.2) is 48.6 Å². The highest BCUT2D eigenvalue weighted by Gasteiger charge is 2.17. The predicted molar refractivity (Wildman–Crippen MR) is 59.7 cm³/mol. The van der Waals surface area contributed by atoms with Gasteiger partial charge in [-0.1, -0.05) is 12.1 Å². The monoisotopic (exact) mass is 221 g/mol. The van der Waals surface area contributed by atoms with E-state index in [0.717, 1.165) is 13.1 Å². The first kappa shape index (κ1) is 11.1. The molecule has 86 valence electrons. The molecule has 0 spiro atoms. The third kappa shape index (κ3) is 2.59. The zero-order chi connectivity index (χ0) is 11.4. The van der Waals surface area contributed by atoms with Crippen molar-refractivity contribution >= 4 is 5.78 Å². The minimum atomic E-state index is -0.0417. The Balaban J connectivity index is 2.00. The van der Waals surface area contributed by atoms with Crippen molar-refractivity contribution in [1.29, 1.82) is 0 Å². The van der Waals surface area contributed by atoms with E-state index in [9.17, 15) is 9.90 Å². The lowest BCUT2D eigenvalue weighted by Crippen LogP contribution is -2.39. The van der Waals surface area contributed by atoms with Gasteiger partial charge in [-0.2, -0.15) is 0 Å². The van der Waals surface area contributed by atoms with Crippen LogP contribution in [0.2, 0.25) is 0 Å². The molecule has 1 aromatic carbocycles. The van der Waals surface area contributed by atoms with Gasteiger partial charge < -0.3 is 9.84 Å². The van der Waals surface area contributed by atoms with E-state index in [1.54, 1.807) is 18.2 Å². The van der Waals surface area contributed by atoms with Crippen LogP contribution in [0.25, 0.3) is 0 Å². The zero-order valence-electron chi connectivity index (χ0n) is 9.06. The first-order valence-electron chi connectivity index (χ1n) is 5.38. The number of benzene rings is 1. The van der Waals surface area contributed by atoms with Gasteiger partial charge in [0.15, 0.2) is 5.78 Å². The number of ether oxygens (including phenoxy) is 1. The number of ketones is 1. The van der Waals surface area contributed by atoms with Crippen LogP contribution in [0.1, 0.15) is 10.4 Å². The lowest BCUT2D eigenvalue weighted by atomic mass is 10.1. The summed E-state index contributed by atoms with van der Waals surface area (Å²) in [4.78, 5) is 13.9. The molecule has 0 aromatic heterocycles. The quantitative estimate of drug-likeness (QED) is 0.771. The first-order chi connectivity index (χ1) is 7.77. The van der Waals surface area contributed by atoms with E-state index in [4.69, 9.17) is 4.74 Å². The van der Waals surface area contributed by atoms with E-state index in [0.29, 0.717) is 25.3 Å². The minimum Gasteiger partial charge on any atom is -0.507 e. The third-order valence-corrected chi connectivity index (χ3v) is 2.68. The van der Waals surface area contributed by atoms with E-state index in [-0.39, 0.29) is 11.5 Å². The standard InChI is InChI=1S/C12H15NO3/c14-11-4-2-1-3-10(11)12(15)9-13-5-7-16-8-6-13/h1-4,14H,5-9H2. The van der Waals surface area contributed by atoms with Gasteiger partial charge in [-0.05, 0) is 12.1 Å². The van der Waals surface area contributed by atoms with Crippen molar-refractivity contribution in [2.75, 3.05) is 32.8 Å². The average molecular weight is 221 g/mol. The second-order valence-electron chi connectivity index (χ2n) is 3.83. The van der Waals surface area contributed by atoms with Gasteiger partial charge >= 0.3 is 0 Å². The minimum absolute atomic E-state index is 0.0417. The van der Waals surface area contributed by atoms with Gasteiger partial charge in [0.2, 0.25) is 0 Å². The predicted octanol–water partition coefficient (Wildman–Crippen LogP) is 0.907. The Morgan fingerprint density at radius 2 is 2.00 bits per heavy atom. The van der Waals surface area contributed by atoms with Crippen LogP contribution < -0.4 is 0 Å². The summed E-state index contributed by atoms with van der Waals surface area (Å²) < 4.78 is 5.21. The summed E-state index contributed by atoms with van der Waals surface area (Å²) in [6, 6.07) is 6.65. The highest BCUT2D eigenvalue weighted by Crippen LogP contribution is 2.16. The van der Waals surface area contributed by atoms with Crippen molar-refractivity contribution < 1.29 is 14.6 Å². The molecule has 0 amide bonds. The van der Waals surface area contributed by atoms with Gasteiger partial charge in [-0.25, -0.2) is 0 Å². The molecule has 0 radical (unpaired) electrons. The Labute approximate surface area is 94.4 Å². The molecular formula is C12H15NO3. The highest BCUT2D eigenvalue weighted by molar-refractivity contribution is 5.99. The van der Waals surface area contributed by atoms with Crippen LogP contribution in [0.5, 0.6) is 5.75 Å². The van der Waals surface area contributed by atoms with Crippen molar-refractivity contribution in [2.24, 2.45) is 0 Å². The number of rotatable bonds is 3. The largest absolute Gasteiger partial charge is 0.507 e. The molecule has 4 nitrogen and oxygen atoms in total. The molecule has 1 heterocycles. The molecule has 1 aliphatic rings. The van der Waals surface area contributed by atoms with Crippen molar-refractivity contribution in [3.8, 4) is 5.75 Å². The summed E-state index contributed by atoms with van der Waals surface area (Å²) in [5.74, 6) is 0.0146. The summed E-state index contributed by atoms with van der Waals surface area (Å²) in [5.41, 5.74) is 0.397. The summed E-state index contributed by atoms with van der Waals surface area (Å²) in [5, 5.41) is 9.55. The Morgan fingerprint density at radius 1 is 1.31 bits per heavy atom. The molecule has 0 bridgehead atoms. The number of carbonyl (C=O) groups is 1. The molecule has 1 N–H and O–H groups in total. The van der Waals surface area contributed by atoms with E-state index in [2.05, 4.69) is 0 Å². The number of nitrogens with zero attached hydrogens (tertiary/aromatic N) is 1.